The van der Waals surface area contributed by atoms with Gasteiger partial charge >= 0.3 is 0 Å². The van der Waals surface area contributed by atoms with Crippen LogP contribution in [0.5, 0.6) is 0 Å². The predicted molar refractivity (Wildman–Crippen MR) is 95.1 cm³/mol. The van der Waals surface area contributed by atoms with E-state index >= 15 is 0 Å². The molecular weight excluding hydrogens is 330 g/mol. The summed E-state index contributed by atoms with van der Waals surface area (Å²) in [6.07, 6.45) is 4.79. The van der Waals surface area contributed by atoms with E-state index < -0.39 is 4.92 Å². The van der Waals surface area contributed by atoms with E-state index in [1.54, 1.807) is 6.21 Å². The van der Waals surface area contributed by atoms with Gasteiger partial charge in [0.15, 0.2) is 0 Å². The normalized spacial score (nSPS) is 10.3. The maximum atomic E-state index is 10.6. The zero-order valence-corrected chi connectivity index (χ0v) is 13.3. The number of nitrogens with one attached hydrogen (secondary N) is 1. The van der Waals surface area contributed by atoms with Crippen molar-refractivity contribution in [2.75, 3.05) is 5.43 Å². The molecule has 3 rings (SSSR count). The molecule has 0 saturated carbocycles. The SMILES string of the molecule is Cl.O=[N+]([O-])c1ccc(NN=Cc2cccn2-c2ccccc2)nc1. The third-order valence-corrected chi connectivity index (χ3v) is 3.15. The Morgan fingerprint density at radius 3 is 2.58 bits per heavy atom. The van der Waals surface area contributed by atoms with Crippen LogP contribution in [0.2, 0.25) is 0 Å². The number of halogens is 1. The maximum Gasteiger partial charge on any atom is 0.287 e. The highest BCUT2D eigenvalue weighted by Crippen LogP contribution is 2.13. The van der Waals surface area contributed by atoms with E-state index in [4.69, 9.17) is 0 Å². The fraction of sp³-hybridized carbons (Fsp3) is 0. The van der Waals surface area contributed by atoms with Crippen LogP contribution in [0.3, 0.4) is 0 Å². The molecule has 0 spiro atoms. The van der Waals surface area contributed by atoms with Gasteiger partial charge in [0.25, 0.3) is 5.69 Å². The van der Waals surface area contributed by atoms with Crippen LogP contribution in [0, 0.1) is 10.1 Å². The maximum absolute atomic E-state index is 10.6. The van der Waals surface area contributed by atoms with Crippen molar-refractivity contribution in [3.05, 3.63) is 82.8 Å². The first kappa shape index (κ1) is 17.2. The van der Waals surface area contributed by atoms with E-state index in [9.17, 15) is 10.1 Å². The molecule has 0 bridgehead atoms. The largest absolute Gasteiger partial charge is 0.316 e. The lowest BCUT2D eigenvalue weighted by molar-refractivity contribution is -0.385. The number of nitro groups is 1. The molecule has 8 heteroatoms. The van der Waals surface area contributed by atoms with Crippen molar-refractivity contribution in [2.45, 2.75) is 0 Å². The lowest BCUT2D eigenvalue weighted by atomic mass is 10.3. The van der Waals surface area contributed by atoms with Crippen LogP contribution in [-0.4, -0.2) is 20.7 Å². The minimum absolute atomic E-state index is 0. The number of para-hydroxylation sites is 1. The third kappa shape index (κ3) is 3.96. The van der Waals surface area contributed by atoms with Crippen molar-refractivity contribution < 1.29 is 4.92 Å². The van der Waals surface area contributed by atoms with Crippen molar-refractivity contribution in [3.8, 4) is 5.69 Å². The lowest BCUT2D eigenvalue weighted by Crippen LogP contribution is -1.99. The second-order valence-corrected chi connectivity index (χ2v) is 4.67. The summed E-state index contributed by atoms with van der Waals surface area (Å²) in [5.41, 5.74) is 4.62. The molecule has 7 nitrogen and oxygen atoms in total. The molecule has 1 N–H and O–H groups in total. The highest BCUT2D eigenvalue weighted by atomic mass is 35.5. The van der Waals surface area contributed by atoms with Crippen molar-refractivity contribution in [1.82, 2.24) is 9.55 Å². The van der Waals surface area contributed by atoms with Gasteiger partial charge in [0.1, 0.15) is 12.0 Å². The Labute approximate surface area is 144 Å². The first-order chi connectivity index (χ1) is 11.2. The van der Waals surface area contributed by atoms with Crippen LogP contribution in [0.4, 0.5) is 11.5 Å². The molecular formula is C16H14ClN5O2. The third-order valence-electron chi connectivity index (χ3n) is 3.15. The van der Waals surface area contributed by atoms with Crippen molar-refractivity contribution in [3.63, 3.8) is 0 Å². The Hall–Kier alpha value is -3.19. The van der Waals surface area contributed by atoms with Crippen molar-refractivity contribution >= 4 is 30.1 Å². The van der Waals surface area contributed by atoms with Gasteiger partial charge in [0.2, 0.25) is 0 Å². The summed E-state index contributed by atoms with van der Waals surface area (Å²) in [4.78, 5) is 14.0. The van der Waals surface area contributed by atoms with Gasteiger partial charge in [-0.3, -0.25) is 15.5 Å². The number of hydrogen-bond acceptors (Lipinski definition) is 5. The fourth-order valence-electron chi connectivity index (χ4n) is 2.05. The van der Waals surface area contributed by atoms with E-state index in [2.05, 4.69) is 15.5 Å². The average molecular weight is 344 g/mol. The average Bonchev–Trinajstić information content (AvgIpc) is 3.05. The van der Waals surface area contributed by atoms with E-state index in [-0.39, 0.29) is 18.1 Å². The van der Waals surface area contributed by atoms with E-state index in [1.807, 2.05) is 53.2 Å². The molecule has 0 radical (unpaired) electrons. The highest BCUT2D eigenvalue weighted by molar-refractivity contribution is 5.85. The molecule has 0 fully saturated rings. The first-order valence-electron chi connectivity index (χ1n) is 6.86. The summed E-state index contributed by atoms with van der Waals surface area (Å²) < 4.78 is 1.99. The molecule has 1 aromatic carbocycles. The zero-order chi connectivity index (χ0) is 16.1. The molecule has 0 aliphatic carbocycles. The van der Waals surface area contributed by atoms with Crippen LogP contribution in [-0.2, 0) is 0 Å². The van der Waals surface area contributed by atoms with E-state index in [0.29, 0.717) is 5.82 Å². The zero-order valence-electron chi connectivity index (χ0n) is 12.4. The van der Waals surface area contributed by atoms with E-state index in [0.717, 1.165) is 11.4 Å². The van der Waals surface area contributed by atoms with Crippen molar-refractivity contribution in [1.29, 1.82) is 0 Å². The molecule has 3 aromatic rings. The van der Waals surface area contributed by atoms with Crippen LogP contribution < -0.4 is 5.43 Å². The Kier molecular flexibility index (Phi) is 5.64. The molecule has 0 aliphatic rings. The smallest absolute Gasteiger partial charge is 0.287 e. The second kappa shape index (κ2) is 7.89. The summed E-state index contributed by atoms with van der Waals surface area (Å²) in [5.74, 6) is 0.435. The Morgan fingerprint density at radius 2 is 1.92 bits per heavy atom. The minimum atomic E-state index is -0.493. The summed E-state index contributed by atoms with van der Waals surface area (Å²) in [5, 5.41) is 14.7. The van der Waals surface area contributed by atoms with Gasteiger partial charge in [-0.05, 0) is 30.3 Å². The Morgan fingerprint density at radius 1 is 1.12 bits per heavy atom. The minimum Gasteiger partial charge on any atom is -0.316 e. The number of anilines is 1. The standard InChI is InChI=1S/C16H13N5O2.ClH/c22-21(23)15-8-9-16(17-11-15)19-18-12-14-7-4-10-20(14)13-5-2-1-3-6-13;/h1-12H,(H,17,19);1H. The summed E-state index contributed by atoms with van der Waals surface area (Å²) >= 11 is 0. The van der Waals surface area contributed by atoms with Gasteiger partial charge in [-0.2, -0.15) is 5.10 Å². The summed E-state index contributed by atoms with van der Waals surface area (Å²) in [7, 11) is 0. The Bertz CT molecular complexity index is 831. The number of nitrogens with zero attached hydrogens (tertiary/aromatic N) is 4. The van der Waals surface area contributed by atoms with Gasteiger partial charge in [-0.25, -0.2) is 4.98 Å². The molecule has 2 heterocycles. The topological polar surface area (TPSA) is 85.4 Å². The van der Waals surface area contributed by atoms with Gasteiger partial charge < -0.3 is 4.57 Å². The number of hydrogen-bond donors (Lipinski definition) is 1. The highest BCUT2D eigenvalue weighted by Gasteiger charge is 2.04. The first-order valence-corrected chi connectivity index (χ1v) is 6.86. The van der Waals surface area contributed by atoms with Crippen LogP contribution in [0.25, 0.3) is 5.69 Å². The molecule has 0 unspecified atom stereocenters. The fourth-order valence-corrected chi connectivity index (χ4v) is 2.05. The van der Waals surface area contributed by atoms with Gasteiger partial charge in [0, 0.05) is 18.0 Å². The number of pyridine rings is 1. The van der Waals surface area contributed by atoms with Gasteiger partial charge in [0.05, 0.1) is 16.8 Å². The van der Waals surface area contributed by atoms with Crippen LogP contribution in [0.15, 0.2) is 72.1 Å². The molecule has 122 valence electrons. The number of aromatic nitrogens is 2. The van der Waals surface area contributed by atoms with Crippen LogP contribution in [0.1, 0.15) is 5.69 Å². The molecule has 24 heavy (non-hydrogen) atoms. The molecule has 0 aliphatic heterocycles. The quantitative estimate of drug-likeness (QED) is 0.435. The van der Waals surface area contributed by atoms with Crippen molar-refractivity contribution in [2.24, 2.45) is 5.10 Å². The molecule has 0 atom stereocenters. The predicted octanol–water partition coefficient (Wildman–Crippen LogP) is 3.65. The molecule has 0 saturated heterocycles. The Balaban J connectivity index is 0.00000208. The number of rotatable bonds is 5. The second-order valence-electron chi connectivity index (χ2n) is 4.67. The lowest BCUT2D eigenvalue weighted by Gasteiger charge is -2.05. The van der Waals surface area contributed by atoms with Crippen LogP contribution >= 0.6 is 12.4 Å². The van der Waals surface area contributed by atoms with Gasteiger partial charge in [-0.1, -0.05) is 18.2 Å². The molecule has 2 aromatic heterocycles. The van der Waals surface area contributed by atoms with E-state index in [1.165, 1.54) is 18.3 Å². The summed E-state index contributed by atoms with van der Waals surface area (Å²) in [6, 6.07) is 16.6. The number of hydrazone groups is 1. The number of benzene rings is 1. The monoisotopic (exact) mass is 343 g/mol. The van der Waals surface area contributed by atoms with Gasteiger partial charge in [-0.15, -0.1) is 12.4 Å². The molecule has 0 amide bonds. The summed E-state index contributed by atoms with van der Waals surface area (Å²) in [6.45, 7) is 0.